The lowest BCUT2D eigenvalue weighted by molar-refractivity contribution is -0.384. The molecule has 1 aromatic heterocycles. The second-order valence-corrected chi connectivity index (χ2v) is 5.33. The molecule has 0 aliphatic heterocycles. The Morgan fingerprint density at radius 2 is 2.00 bits per heavy atom. The van der Waals surface area contributed by atoms with Crippen molar-refractivity contribution in [3.8, 4) is 11.1 Å². The molecule has 6 heteroatoms. The van der Waals surface area contributed by atoms with Crippen LogP contribution in [0, 0.1) is 10.1 Å². The molecule has 0 saturated carbocycles. The first-order valence-electron chi connectivity index (χ1n) is 4.27. The van der Waals surface area contributed by atoms with Crippen LogP contribution in [-0.2, 0) is 0 Å². The van der Waals surface area contributed by atoms with Crippen LogP contribution in [0.25, 0.3) is 11.1 Å². The largest absolute Gasteiger partial charge is 0.270 e. The van der Waals surface area contributed by atoms with Gasteiger partial charge in [-0.1, -0.05) is 35.3 Å². The van der Waals surface area contributed by atoms with Gasteiger partial charge in [0.05, 0.1) is 9.26 Å². The molecule has 0 fully saturated rings. The third-order valence-electron chi connectivity index (χ3n) is 2.02. The highest BCUT2D eigenvalue weighted by atomic mass is 35.5. The first-order chi connectivity index (χ1) is 7.58. The second kappa shape index (κ2) is 4.41. The molecule has 0 spiro atoms. The van der Waals surface area contributed by atoms with Gasteiger partial charge >= 0.3 is 0 Å². The summed E-state index contributed by atoms with van der Waals surface area (Å²) in [5.41, 5.74) is 1.46. The van der Waals surface area contributed by atoms with Crippen LogP contribution in [0.4, 0.5) is 5.69 Å². The van der Waals surface area contributed by atoms with Crippen LogP contribution < -0.4 is 0 Å². The molecule has 0 bridgehead atoms. The Morgan fingerprint density at radius 1 is 1.25 bits per heavy atom. The molecule has 0 amide bonds. The molecular weight excluding hydrogens is 269 g/mol. The van der Waals surface area contributed by atoms with E-state index in [0.29, 0.717) is 14.2 Å². The van der Waals surface area contributed by atoms with E-state index in [1.54, 1.807) is 18.2 Å². The number of halogens is 2. The highest BCUT2D eigenvalue weighted by Crippen LogP contribution is 2.38. The zero-order chi connectivity index (χ0) is 11.7. The van der Waals surface area contributed by atoms with Crippen molar-refractivity contribution in [3.63, 3.8) is 0 Å². The van der Waals surface area contributed by atoms with E-state index in [1.165, 1.54) is 23.5 Å². The molecule has 0 aliphatic carbocycles. The van der Waals surface area contributed by atoms with Gasteiger partial charge in [0.1, 0.15) is 4.34 Å². The Balaban J connectivity index is 2.52. The fraction of sp³-hybridized carbons (Fsp3) is 0. The predicted octanol–water partition coefficient (Wildman–Crippen LogP) is 4.63. The van der Waals surface area contributed by atoms with Crippen LogP contribution in [0.3, 0.4) is 0 Å². The SMILES string of the molecule is O=[N+]([O-])c1cccc(-c2cc(Cl)sc2Cl)c1. The van der Waals surface area contributed by atoms with Gasteiger partial charge in [-0.25, -0.2) is 0 Å². The fourth-order valence-electron chi connectivity index (χ4n) is 1.32. The van der Waals surface area contributed by atoms with E-state index in [9.17, 15) is 10.1 Å². The molecule has 16 heavy (non-hydrogen) atoms. The van der Waals surface area contributed by atoms with Crippen LogP contribution in [0.5, 0.6) is 0 Å². The summed E-state index contributed by atoms with van der Waals surface area (Å²) >= 11 is 13.0. The van der Waals surface area contributed by atoms with E-state index >= 15 is 0 Å². The average molecular weight is 274 g/mol. The van der Waals surface area contributed by atoms with Crippen molar-refractivity contribution in [1.29, 1.82) is 0 Å². The van der Waals surface area contributed by atoms with Crippen molar-refractivity contribution in [1.82, 2.24) is 0 Å². The predicted molar refractivity (Wildman–Crippen MR) is 66.4 cm³/mol. The Labute approximate surface area is 105 Å². The summed E-state index contributed by atoms with van der Waals surface area (Å²) in [5.74, 6) is 0. The lowest BCUT2D eigenvalue weighted by Gasteiger charge is -1.98. The van der Waals surface area contributed by atoms with Gasteiger partial charge in [0.15, 0.2) is 0 Å². The van der Waals surface area contributed by atoms with Gasteiger partial charge in [0.25, 0.3) is 5.69 Å². The summed E-state index contributed by atoms with van der Waals surface area (Å²) in [7, 11) is 0. The number of benzene rings is 1. The number of nitro benzene ring substituents is 1. The smallest absolute Gasteiger partial charge is 0.258 e. The molecule has 0 aliphatic rings. The average Bonchev–Trinajstić information content (AvgIpc) is 2.58. The van der Waals surface area contributed by atoms with Gasteiger partial charge in [-0.2, -0.15) is 0 Å². The summed E-state index contributed by atoms with van der Waals surface area (Å²) < 4.78 is 1.09. The van der Waals surface area contributed by atoms with Gasteiger partial charge in [-0.05, 0) is 11.6 Å². The van der Waals surface area contributed by atoms with E-state index in [2.05, 4.69) is 0 Å². The zero-order valence-electron chi connectivity index (χ0n) is 7.81. The molecule has 0 saturated heterocycles. The molecule has 82 valence electrons. The highest BCUT2D eigenvalue weighted by Gasteiger charge is 2.11. The minimum atomic E-state index is -0.439. The van der Waals surface area contributed by atoms with Gasteiger partial charge in [-0.15, -0.1) is 11.3 Å². The van der Waals surface area contributed by atoms with Crippen molar-refractivity contribution in [2.75, 3.05) is 0 Å². The highest BCUT2D eigenvalue weighted by molar-refractivity contribution is 7.20. The van der Waals surface area contributed by atoms with Crippen LogP contribution in [0.2, 0.25) is 8.67 Å². The molecule has 2 aromatic rings. The number of hydrogen-bond acceptors (Lipinski definition) is 3. The van der Waals surface area contributed by atoms with Crippen molar-refractivity contribution >= 4 is 40.2 Å². The monoisotopic (exact) mass is 273 g/mol. The molecular formula is C10H5Cl2NO2S. The lowest BCUT2D eigenvalue weighted by atomic mass is 10.1. The maximum Gasteiger partial charge on any atom is 0.270 e. The van der Waals surface area contributed by atoms with E-state index in [0.717, 1.165) is 5.56 Å². The minimum absolute atomic E-state index is 0.0379. The molecule has 1 heterocycles. The number of nitro groups is 1. The maximum absolute atomic E-state index is 10.6. The second-order valence-electron chi connectivity index (χ2n) is 3.05. The van der Waals surface area contributed by atoms with Gasteiger partial charge in [0, 0.05) is 17.7 Å². The zero-order valence-corrected chi connectivity index (χ0v) is 10.1. The van der Waals surface area contributed by atoms with Gasteiger partial charge in [-0.3, -0.25) is 10.1 Å². The van der Waals surface area contributed by atoms with Crippen molar-refractivity contribution in [2.24, 2.45) is 0 Å². The number of non-ortho nitro benzene ring substituents is 1. The molecule has 2 rings (SSSR count). The Morgan fingerprint density at radius 3 is 2.56 bits per heavy atom. The third-order valence-corrected chi connectivity index (χ3v) is 3.51. The minimum Gasteiger partial charge on any atom is -0.258 e. The number of thiophene rings is 1. The third kappa shape index (κ3) is 2.19. The first-order valence-corrected chi connectivity index (χ1v) is 5.85. The molecule has 0 atom stereocenters. The summed E-state index contributed by atoms with van der Waals surface area (Å²) in [6, 6.07) is 8.00. The van der Waals surface area contributed by atoms with Gasteiger partial charge < -0.3 is 0 Å². The van der Waals surface area contributed by atoms with Crippen LogP contribution in [0.15, 0.2) is 30.3 Å². The summed E-state index contributed by atoms with van der Waals surface area (Å²) in [6.07, 6.45) is 0. The van der Waals surface area contributed by atoms with Crippen LogP contribution in [0.1, 0.15) is 0 Å². The molecule has 1 aromatic carbocycles. The van der Waals surface area contributed by atoms with Crippen LogP contribution in [-0.4, -0.2) is 4.92 Å². The normalized spacial score (nSPS) is 10.4. The number of rotatable bonds is 2. The maximum atomic E-state index is 10.6. The van der Waals surface area contributed by atoms with E-state index in [4.69, 9.17) is 23.2 Å². The lowest BCUT2D eigenvalue weighted by Crippen LogP contribution is -1.87. The van der Waals surface area contributed by atoms with E-state index < -0.39 is 4.92 Å². The van der Waals surface area contributed by atoms with Crippen molar-refractivity contribution in [2.45, 2.75) is 0 Å². The summed E-state index contributed by atoms with van der Waals surface area (Å²) in [6.45, 7) is 0. The van der Waals surface area contributed by atoms with Crippen molar-refractivity contribution in [3.05, 3.63) is 49.1 Å². The topological polar surface area (TPSA) is 43.1 Å². The number of nitrogens with zero attached hydrogens (tertiary/aromatic N) is 1. The molecule has 0 radical (unpaired) electrons. The summed E-state index contributed by atoms with van der Waals surface area (Å²) in [5, 5.41) is 10.6. The first kappa shape index (κ1) is 11.4. The fourth-order valence-corrected chi connectivity index (χ4v) is 2.83. The van der Waals surface area contributed by atoms with E-state index in [-0.39, 0.29) is 5.69 Å². The Hall–Kier alpha value is -1.10. The summed E-state index contributed by atoms with van der Waals surface area (Å²) in [4.78, 5) is 10.2. The van der Waals surface area contributed by atoms with E-state index in [1.807, 2.05) is 0 Å². The standard InChI is InChI=1S/C10H5Cl2NO2S/c11-9-5-8(10(12)16-9)6-2-1-3-7(4-6)13(14)15/h1-5H. The molecule has 0 unspecified atom stereocenters. The quantitative estimate of drug-likeness (QED) is 0.591. The number of hydrogen-bond donors (Lipinski definition) is 0. The Kier molecular flexibility index (Phi) is 3.14. The molecule has 0 N–H and O–H groups in total. The Bertz CT molecular complexity index is 554. The van der Waals surface area contributed by atoms with Gasteiger partial charge in [0.2, 0.25) is 0 Å². The molecule has 3 nitrogen and oxygen atoms in total. The van der Waals surface area contributed by atoms with Crippen LogP contribution >= 0.6 is 34.5 Å². The van der Waals surface area contributed by atoms with Crippen molar-refractivity contribution < 1.29 is 4.92 Å².